The van der Waals surface area contributed by atoms with Gasteiger partial charge in [0.2, 0.25) is 0 Å². The van der Waals surface area contributed by atoms with Crippen molar-refractivity contribution in [1.82, 2.24) is 0 Å². The molecule has 0 aromatic carbocycles. The van der Waals surface area contributed by atoms with Crippen LogP contribution in [0.1, 0.15) is 59.3 Å². The molecule has 0 amide bonds. The first kappa shape index (κ1) is 17.5. The van der Waals surface area contributed by atoms with Crippen molar-refractivity contribution in [3.8, 4) is 0 Å². The minimum atomic E-state index is -0.378. The van der Waals surface area contributed by atoms with Gasteiger partial charge >= 0.3 is 0 Å². The topological polar surface area (TPSA) is 40.5 Å². The van der Waals surface area contributed by atoms with Gasteiger partial charge in [0.25, 0.3) is 0 Å². The molecule has 2 aliphatic rings. The Morgan fingerprint density at radius 3 is 2.55 bits per heavy atom. The molecule has 0 aliphatic heterocycles. The van der Waals surface area contributed by atoms with E-state index in [4.69, 9.17) is 0 Å². The Bertz CT molecular complexity index is 472. The Morgan fingerprint density at radius 2 is 1.91 bits per heavy atom. The molecule has 2 rings (SSSR count). The number of hydrogen-bond acceptors (Lipinski definition) is 2. The van der Waals surface area contributed by atoms with E-state index in [0.29, 0.717) is 11.8 Å². The monoisotopic (exact) mass is 304 g/mol. The largest absolute Gasteiger partial charge is 0.389 e. The lowest BCUT2D eigenvalue weighted by Crippen LogP contribution is -2.48. The summed E-state index contributed by atoms with van der Waals surface area (Å²) in [6.07, 6.45) is 6.77. The molecule has 2 aliphatic carbocycles. The molecule has 0 heterocycles. The second-order valence-electron chi connectivity index (χ2n) is 8.00. The van der Waals surface area contributed by atoms with Crippen LogP contribution in [-0.2, 0) is 0 Å². The van der Waals surface area contributed by atoms with Gasteiger partial charge in [-0.15, -0.1) is 0 Å². The minimum Gasteiger partial charge on any atom is -0.389 e. The van der Waals surface area contributed by atoms with Crippen LogP contribution in [0.2, 0.25) is 0 Å². The van der Waals surface area contributed by atoms with Crippen LogP contribution in [0.3, 0.4) is 0 Å². The zero-order valence-electron chi connectivity index (χ0n) is 14.4. The third-order valence-corrected chi connectivity index (χ3v) is 5.78. The third kappa shape index (κ3) is 3.72. The van der Waals surface area contributed by atoms with Gasteiger partial charge in [-0.25, -0.2) is 0 Å². The van der Waals surface area contributed by atoms with Gasteiger partial charge < -0.3 is 10.2 Å². The quantitative estimate of drug-likeness (QED) is 0.759. The van der Waals surface area contributed by atoms with Crippen molar-refractivity contribution >= 4 is 0 Å². The second-order valence-corrected chi connectivity index (χ2v) is 8.00. The fourth-order valence-corrected chi connectivity index (χ4v) is 4.48. The number of hydrogen-bond donors (Lipinski definition) is 2. The summed E-state index contributed by atoms with van der Waals surface area (Å²) < 4.78 is 0. The molecule has 0 spiro atoms. The summed E-state index contributed by atoms with van der Waals surface area (Å²) in [4.78, 5) is 0. The van der Waals surface area contributed by atoms with Crippen LogP contribution in [0.4, 0.5) is 0 Å². The van der Waals surface area contributed by atoms with Gasteiger partial charge in [-0.1, -0.05) is 37.3 Å². The fraction of sp³-hybridized carbons (Fsp3) is 0.700. The smallest absolute Gasteiger partial charge is 0.0750 e. The molecule has 2 heteroatoms. The average molecular weight is 304 g/mol. The van der Waals surface area contributed by atoms with E-state index >= 15 is 0 Å². The lowest BCUT2D eigenvalue weighted by molar-refractivity contribution is -0.0436. The van der Waals surface area contributed by atoms with Crippen LogP contribution in [-0.4, -0.2) is 22.4 Å². The molecule has 0 unspecified atom stereocenters. The Kier molecular flexibility index (Phi) is 5.34. The summed E-state index contributed by atoms with van der Waals surface area (Å²) in [5, 5.41) is 20.4. The normalized spacial score (nSPS) is 37.2. The van der Waals surface area contributed by atoms with E-state index in [2.05, 4.69) is 20.1 Å². The maximum Gasteiger partial charge on any atom is 0.0750 e. The second kappa shape index (κ2) is 6.72. The summed E-state index contributed by atoms with van der Waals surface area (Å²) >= 11 is 0. The molecule has 5 atom stereocenters. The number of aliphatic hydroxyl groups excluding tert-OH is 2. The van der Waals surface area contributed by atoms with Gasteiger partial charge in [0.05, 0.1) is 12.2 Å². The molecule has 0 aromatic heterocycles. The van der Waals surface area contributed by atoms with Gasteiger partial charge in [0.15, 0.2) is 0 Å². The highest BCUT2D eigenvalue weighted by atomic mass is 16.3. The first-order valence-corrected chi connectivity index (χ1v) is 8.59. The molecule has 0 aromatic rings. The van der Waals surface area contributed by atoms with Gasteiger partial charge in [0.1, 0.15) is 0 Å². The lowest BCUT2D eigenvalue weighted by Gasteiger charge is -2.55. The van der Waals surface area contributed by atoms with Crippen molar-refractivity contribution in [3.63, 3.8) is 0 Å². The van der Waals surface area contributed by atoms with Crippen LogP contribution in [0, 0.1) is 17.3 Å². The zero-order valence-corrected chi connectivity index (χ0v) is 14.4. The summed E-state index contributed by atoms with van der Waals surface area (Å²) in [6.45, 7) is 14.7. The third-order valence-electron chi connectivity index (χ3n) is 5.78. The van der Waals surface area contributed by atoms with E-state index in [1.807, 2.05) is 19.9 Å². The van der Waals surface area contributed by atoms with E-state index in [1.165, 1.54) is 11.1 Å². The molecular weight excluding hydrogens is 272 g/mol. The summed E-state index contributed by atoms with van der Waals surface area (Å²) in [5.41, 5.74) is 3.59. The minimum absolute atomic E-state index is 0.175. The first-order chi connectivity index (χ1) is 10.2. The van der Waals surface area contributed by atoms with E-state index in [1.54, 1.807) is 0 Å². The van der Waals surface area contributed by atoms with Gasteiger partial charge in [-0.2, -0.15) is 0 Å². The predicted octanol–water partition coefficient (Wildman–Crippen LogP) is 4.39. The van der Waals surface area contributed by atoms with Crippen molar-refractivity contribution in [2.75, 3.05) is 0 Å². The van der Waals surface area contributed by atoms with E-state index in [-0.39, 0.29) is 17.6 Å². The summed E-state index contributed by atoms with van der Waals surface area (Å²) in [7, 11) is 0. The highest BCUT2D eigenvalue weighted by Gasteiger charge is 2.51. The average Bonchev–Trinajstić information content (AvgIpc) is 2.43. The van der Waals surface area contributed by atoms with E-state index < -0.39 is 0 Å². The number of rotatable bonds is 3. The van der Waals surface area contributed by atoms with Gasteiger partial charge in [-0.05, 0) is 75.2 Å². The Labute approximate surface area is 135 Å². The Morgan fingerprint density at radius 1 is 1.27 bits per heavy atom. The van der Waals surface area contributed by atoms with Crippen molar-refractivity contribution in [3.05, 3.63) is 36.0 Å². The van der Waals surface area contributed by atoms with E-state index in [9.17, 15) is 10.2 Å². The van der Waals surface area contributed by atoms with Crippen LogP contribution < -0.4 is 0 Å². The molecule has 22 heavy (non-hydrogen) atoms. The molecule has 2 saturated carbocycles. The Balaban J connectivity index is 2.09. The van der Waals surface area contributed by atoms with Gasteiger partial charge in [-0.3, -0.25) is 0 Å². The zero-order chi connectivity index (χ0) is 16.5. The highest BCUT2D eigenvalue weighted by Crippen LogP contribution is 2.59. The van der Waals surface area contributed by atoms with Crippen LogP contribution in [0.5, 0.6) is 0 Å². The predicted molar refractivity (Wildman–Crippen MR) is 92.5 cm³/mol. The van der Waals surface area contributed by atoms with Crippen LogP contribution >= 0.6 is 0 Å². The number of aliphatic hydroxyl groups is 2. The standard InChI is InChI=1S/C20H32O2/c1-13(2)10-16(21)11-20(5)12-17-14(3)7-9-19(22)15(4)6-8-18(17)20/h10,16-19,21-22H,3-4,6-9,11-12H2,1-2,5H3/t16-,17+,18+,19+,20+/m0/s1. The molecular formula is C20H32O2. The van der Waals surface area contributed by atoms with Gasteiger partial charge in [0, 0.05) is 0 Å². The number of fused-ring (bicyclic) bond motifs is 1. The maximum absolute atomic E-state index is 10.3. The molecule has 124 valence electrons. The molecule has 0 saturated heterocycles. The fourth-order valence-electron chi connectivity index (χ4n) is 4.48. The van der Waals surface area contributed by atoms with Crippen molar-refractivity contribution < 1.29 is 10.2 Å². The highest BCUT2D eigenvalue weighted by molar-refractivity contribution is 5.18. The molecule has 0 radical (unpaired) electrons. The molecule has 2 nitrogen and oxygen atoms in total. The van der Waals surface area contributed by atoms with Crippen molar-refractivity contribution in [1.29, 1.82) is 0 Å². The SMILES string of the molecule is C=C1CC[C@@H]2[C@H](C[C@@]2(C)C[C@@H](O)C=C(C)C)C(=C)CC[C@H]1O. The van der Waals surface area contributed by atoms with E-state index in [0.717, 1.165) is 44.1 Å². The van der Waals surface area contributed by atoms with Crippen molar-refractivity contribution in [2.45, 2.75) is 71.5 Å². The van der Waals surface area contributed by atoms with Crippen molar-refractivity contribution in [2.24, 2.45) is 17.3 Å². The molecule has 2 fully saturated rings. The number of allylic oxidation sites excluding steroid dienone is 2. The van der Waals surface area contributed by atoms with Crippen LogP contribution in [0.25, 0.3) is 0 Å². The first-order valence-electron chi connectivity index (χ1n) is 8.59. The molecule has 2 N–H and O–H groups in total. The lowest BCUT2D eigenvalue weighted by atomic mass is 9.49. The molecule has 0 bridgehead atoms. The maximum atomic E-state index is 10.3. The summed E-state index contributed by atoms with van der Waals surface area (Å²) in [6, 6.07) is 0. The Hall–Kier alpha value is -0.860. The summed E-state index contributed by atoms with van der Waals surface area (Å²) in [5.74, 6) is 1.12. The van der Waals surface area contributed by atoms with Crippen LogP contribution in [0.15, 0.2) is 36.0 Å².